The predicted molar refractivity (Wildman–Crippen MR) is 77.2 cm³/mol. The van der Waals surface area contributed by atoms with Crippen molar-refractivity contribution in [1.82, 2.24) is 15.2 Å². The van der Waals surface area contributed by atoms with Gasteiger partial charge in [0.05, 0.1) is 12.1 Å². The van der Waals surface area contributed by atoms with Gasteiger partial charge in [-0.05, 0) is 18.2 Å². The topological polar surface area (TPSA) is 74.9 Å². The van der Waals surface area contributed by atoms with E-state index in [4.69, 9.17) is 10.00 Å². The van der Waals surface area contributed by atoms with E-state index in [1.165, 1.54) is 6.07 Å². The van der Waals surface area contributed by atoms with Gasteiger partial charge in [0, 0.05) is 25.2 Å². The van der Waals surface area contributed by atoms with Crippen LogP contribution in [0.15, 0.2) is 30.5 Å². The minimum atomic E-state index is -4.41. The van der Waals surface area contributed by atoms with Crippen molar-refractivity contribution in [3.8, 4) is 11.9 Å². The van der Waals surface area contributed by atoms with E-state index in [0.717, 1.165) is 12.3 Å². The summed E-state index contributed by atoms with van der Waals surface area (Å²) < 4.78 is 43.1. The van der Waals surface area contributed by atoms with Gasteiger partial charge >= 0.3 is 6.18 Å². The highest BCUT2D eigenvalue weighted by Crippen LogP contribution is 2.29. The van der Waals surface area contributed by atoms with E-state index in [-0.39, 0.29) is 17.7 Å². The highest BCUT2D eigenvalue weighted by atomic mass is 19.4. The molecule has 3 rings (SSSR count). The molecule has 0 N–H and O–H groups in total. The van der Waals surface area contributed by atoms with Crippen LogP contribution in [0.1, 0.15) is 17.7 Å². The van der Waals surface area contributed by atoms with Crippen LogP contribution in [0.5, 0.6) is 5.88 Å². The molecule has 2 aromatic rings. The normalized spacial score (nSPS) is 17.6. The molecule has 0 aliphatic carbocycles. The highest BCUT2D eigenvalue weighted by Gasteiger charge is 2.31. The van der Waals surface area contributed by atoms with Crippen molar-refractivity contribution in [1.29, 1.82) is 5.26 Å². The molecule has 1 aliphatic heterocycles. The maximum atomic E-state index is 12.5. The Morgan fingerprint density at radius 1 is 1.21 bits per heavy atom. The molecule has 124 valence electrons. The molecule has 1 aliphatic rings. The first-order chi connectivity index (χ1) is 11.5. The summed E-state index contributed by atoms with van der Waals surface area (Å²) in [6.07, 6.45) is -3.17. The third-order valence-electron chi connectivity index (χ3n) is 3.59. The van der Waals surface area contributed by atoms with Crippen LogP contribution >= 0.6 is 0 Å². The number of nitriles is 1. The second-order valence-corrected chi connectivity index (χ2v) is 5.25. The standard InChI is InChI=1S/C15H12F3N5O/c16-15(17,18)10-1-4-14(20-8-10)24-12-5-6-23(9-12)13-3-2-11(7-19)21-22-13/h1-4,8,12H,5-6,9H2. The van der Waals surface area contributed by atoms with Crippen LogP contribution in [0.25, 0.3) is 0 Å². The fourth-order valence-corrected chi connectivity index (χ4v) is 2.37. The molecular formula is C15H12F3N5O. The molecule has 0 aromatic carbocycles. The van der Waals surface area contributed by atoms with Gasteiger partial charge in [-0.3, -0.25) is 0 Å². The number of halogens is 3. The Bertz CT molecular complexity index is 740. The van der Waals surface area contributed by atoms with Crippen molar-refractivity contribution >= 4 is 5.82 Å². The molecule has 9 heteroatoms. The lowest BCUT2D eigenvalue weighted by Crippen LogP contribution is -2.25. The number of ether oxygens (including phenoxy) is 1. The number of alkyl halides is 3. The summed E-state index contributed by atoms with van der Waals surface area (Å²) in [4.78, 5) is 5.64. The molecule has 0 amide bonds. The molecule has 1 unspecified atom stereocenters. The van der Waals surface area contributed by atoms with Crippen molar-refractivity contribution in [3.63, 3.8) is 0 Å². The number of hydrogen-bond acceptors (Lipinski definition) is 6. The van der Waals surface area contributed by atoms with E-state index in [2.05, 4.69) is 15.2 Å². The lowest BCUT2D eigenvalue weighted by atomic mass is 10.3. The van der Waals surface area contributed by atoms with Gasteiger partial charge in [0.25, 0.3) is 0 Å². The molecule has 0 bridgehead atoms. The summed E-state index contributed by atoms with van der Waals surface area (Å²) in [6.45, 7) is 1.19. The Kier molecular flexibility index (Phi) is 4.20. The number of rotatable bonds is 3. The molecule has 0 spiro atoms. The van der Waals surface area contributed by atoms with Crippen molar-refractivity contribution in [2.45, 2.75) is 18.7 Å². The van der Waals surface area contributed by atoms with Gasteiger partial charge < -0.3 is 9.64 Å². The average Bonchev–Trinajstić information content (AvgIpc) is 3.03. The first kappa shape index (κ1) is 16.0. The van der Waals surface area contributed by atoms with Crippen molar-refractivity contribution in [3.05, 3.63) is 41.7 Å². The fraction of sp³-hybridized carbons (Fsp3) is 0.333. The van der Waals surface area contributed by atoms with Crippen molar-refractivity contribution in [2.24, 2.45) is 0 Å². The molecule has 2 aromatic heterocycles. The van der Waals surface area contributed by atoms with Crippen molar-refractivity contribution < 1.29 is 17.9 Å². The Morgan fingerprint density at radius 2 is 2.04 bits per heavy atom. The van der Waals surface area contributed by atoms with E-state index in [1.54, 1.807) is 12.1 Å². The Balaban J connectivity index is 1.60. The maximum Gasteiger partial charge on any atom is 0.417 e. The van der Waals surface area contributed by atoms with Crippen LogP contribution in [-0.4, -0.2) is 34.4 Å². The van der Waals surface area contributed by atoms with Gasteiger partial charge in [-0.1, -0.05) is 0 Å². The lowest BCUT2D eigenvalue weighted by molar-refractivity contribution is -0.137. The zero-order chi connectivity index (χ0) is 17.2. The SMILES string of the molecule is N#Cc1ccc(N2CCC(Oc3ccc(C(F)(F)F)cn3)C2)nn1. The number of pyridine rings is 1. The Hall–Kier alpha value is -2.89. The van der Waals surface area contributed by atoms with Crippen LogP contribution in [0.2, 0.25) is 0 Å². The molecule has 24 heavy (non-hydrogen) atoms. The van der Waals surface area contributed by atoms with E-state index in [0.29, 0.717) is 25.3 Å². The second-order valence-electron chi connectivity index (χ2n) is 5.25. The lowest BCUT2D eigenvalue weighted by Gasteiger charge is -2.17. The maximum absolute atomic E-state index is 12.5. The van der Waals surface area contributed by atoms with Gasteiger partial charge in [0.1, 0.15) is 12.2 Å². The quantitative estimate of drug-likeness (QED) is 0.857. The van der Waals surface area contributed by atoms with E-state index < -0.39 is 11.7 Å². The first-order valence-corrected chi connectivity index (χ1v) is 7.14. The fourth-order valence-electron chi connectivity index (χ4n) is 2.37. The Labute approximate surface area is 135 Å². The average molecular weight is 335 g/mol. The monoisotopic (exact) mass is 335 g/mol. The van der Waals surface area contributed by atoms with Gasteiger partial charge in [0.2, 0.25) is 5.88 Å². The van der Waals surface area contributed by atoms with Gasteiger partial charge in [-0.25, -0.2) is 4.98 Å². The summed E-state index contributed by atoms with van der Waals surface area (Å²) in [5.74, 6) is 0.779. The summed E-state index contributed by atoms with van der Waals surface area (Å²) in [5.41, 5.74) is -0.574. The molecule has 1 fully saturated rings. The summed E-state index contributed by atoms with van der Waals surface area (Å²) in [5, 5.41) is 16.4. The van der Waals surface area contributed by atoms with Gasteiger partial charge in [-0.15, -0.1) is 10.2 Å². The summed E-state index contributed by atoms with van der Waals surface area (Å²) in [6, 6.07) is 7.33. The molecular weight excluding hydrogens is 323 g/mol. The summed E-state index contributed by atoms with van der Waals surface area (Å²) >= 11 is 0. The number of aromatic nitrogens is 3. The molecule has 0 radical (unpaired) electrons. The van der Waals surface area contributed by atoms with Crippen LogP contribution in [0.3, 0.4) is 0 Å². The smallest absolute Gasteiger partial charge is 0.417 e. The highest BCUT2D eigenvalue weighted by molar-refractivity contribution is 5.40. The zero-order valence-electron chi connectivity index (χ0n) is 12.4. The van der Waals surface area contributed by atoms with E-state index in [1.807, 2.05) is 11.0 Å². The number of anilines is 1. The van der Waals surface area contributed by atoms with Crippen LogP contribution in [0, 0.1) is 11.3 Å². The first-order valence-electron chi connectivity index (χ1n) is 7.14. The van der Waals surface area contributed by atoms with Crippen molar-refractivity contribution in [2.75, 3.05) is 18.0 Å². The third kappa shape index (κ3) is 3.53. The molecule has 1 atom stereocenters. The Morgan fingerprint density at radius 3 is 2.62 bits per heavy atom. The van der Waals surface area contributed by atoms with Crippen LogP contribution in [0.4, 0.5) is 19.0 Å². The minimum Gasteiger partial charge on any atom is -0.472 e. The number of nitrogens with zero attached hydrogens (tertiary/aromatic N) is 5. The second kappa shape index (κ2) is 6.31. The van der Waals surface area contributed by atoms with Crippen LogP contribution in [-0.2, 0) is 6.18 Å². The third-order valence-corrected chi connectivity index (χ3v) is 3.59. The largest absolute Gasteiger partial charge is 0.472 e. The zero-order valence-corrected chi connectivity index (χ0v) is 12.4. The molecule has 3 heterocycles. The van der Waals surface area contributed by atoms with E-state index >= 15 is 0 Å². The summed E-state index contributed by atoms with van der Waals surface area (Å²) in [7, 11) is 0. The molecule has 6 nitrogen and oxygen atoms in total. The minimum absolute atomic E-state index is 0.153. The van der Waals surface area contributed by atoms with Gasteiger partial charge in [-0.2, -0.15) is 18.4 Å². The van der Waals surface area contributed by atoms with Crippen LogP contribution < -0.4 is 9.64 Å². The molecule has 0 saturated carbocycles. The van der Waals surface area contributed by atoms with E-state index in [9.17, 15) is 13.2 Å². The molecule has 1 saturated heterocycles. The predicted octanol–water partition coefficient (Wildman–Crippen LogP) is 2.42. The number of hydrogen-bond donors (Lipinski definition) is 0. The van der Waals surface area contributed by atoms with Gasteiger partial charge in [0.15, 0.2) is 11.5 Å².